The lowest BCUT2D eigenvalue weighted by Gasteiger charge is -2.34. The van der Waals surface area contributed by atoms with Crippen LogP contribution in [0.25, 0.3) is 0 Å². The van der Waals surface area contributed by atoms with Crippen molar-refractivity contribution in [3.05, 3.63) is 0 Å². The number of hydrogen-bond acceptors (Lipinski definition) is 6. The van der Waals surface area contributed by atoms with Crippen molar-refractivity contribution in [2.24, 2.45) is 5.92 Å². The molecule has 0 heterocycles. The number of carbonyl (C=O) groups excluding carboxylic acids is 1. The van der Waals surface area contributed by atoms with Gasteiger partial charge in [0.25, 0.3) is 0 Å². The van der Waals surface area contributed by atoms with Gasteiger partial charge < -0.3 is 21.5 Å². The normalized spacial score (nSPS) is 16.2. The highest BCUT2D eigenvalue weighted by Gasteiger charge is 2.38. The second-order valence-corrected chi connectivity index (χ2v) is 27.9. The van der Waals surface area contributed by atoms with Crippen LogP contribution >= 0.6 is 0 Å². The third-order valence-corrected chi connectivity index (χ3v) is 20.5. The number of ether oxygens (including phenoxy) is 1. The van der Waals surface area contributed by atoms with Crippen LogP contribution in [0.3, 0.4) is 0 Å². The van der Waals surface area contributed by atoms with Crippen LogP contribution in [0.5, 0.6) is 0 Å². The molecule has 178 valence electrons. The molecule has 0 spiro atoms. The fourth-order valence-corrected chi connectivity index (χ4v) is 16.1. The molecule has 2 radical (unpaired) electrons. The molecule has 0 saturated carbocycles. The summed E-state index contributed by atoms with van der Waals surface area (Å²) in [6.45, 7) is 21.4. The first-order valence-corrected chi connectivity index (χ1v) is 23.8. The number of esters is 1. The second kappa shape index (κ2) is 13.2. The fourth-order valence-electron chi connectivity index (χ4n) is 2.92. The Balaban J connectivity index is 4.65. The van der Waals surface area contributed by atoms with Crippen LogP contribution in [-0.4, -0.2) is 62.8 Å². The molecule has 2 unspecified atom stereocenters. The van der Waals surface area contributed by atoms with Crippen molar-refractivity contribution in [1.82, 2.24) is 0 Å². The summed E-state index contributed by atoms with van der Waals surface area (Å²) < 4.78 is 29.9. The Hall–Kier alpha value is 0.394. The van der Waals surface area contributed by atoms with Gasteiger partial charge in [-0.3, -0.25) is 4.79 Å². The minimum Gasteiger partial charge on any atom is -0.466 e. The van der Waals surface area contributed by atoms with E-state index >= 15 is 0 Å². The highest BCUT2D eigenvalue weighted by atomic mass is 28.4. The van der Waals surface area contributed by atoms with Gasteiger partial charge in [-0.15, -0.1) is 0 Å². The summed E-state index contributed by atoms with van der Waals surface area (Å²) in [5.74, 6) is -0.475. The predicted octanol–water partition coefficient (Wildman–Crippen LogP) is 5.44. The summed E-state index contributed by atoms with van der Waals surface area (Å²) in [5, 5.41) is 0. The van der Waals surface area contributed by atoms with Crippen LogP contribution in [0.15, 0.2) is 0 Å². The van der Waals surface area contributed by atoms with Gasteiger partial charge in [0.1, 0.15) is 6.23 Å². The molecule has 0 aliphatic carbocycles. The molecule has 0 fully saturated rings. The minimum absolute atomic E-state index is 0.0357. The lowest BCUT2D eigenvalue weighted by Crippen LogP contribution is -2.48. The molecule has 0 saturated heterocycles. The van der Waals surface area contributed by atoms with Crippen LogP contribution in [-0.2, 0) is 26.3 Å². The summed E-state index contributed by atoms with van der Waals surface area (Å²) in [6, 6.07) is 2.74. The Morgan fingerprint density at radius 2 is 1.53 bits per heavy atom. The molecule has 0 aromatic carbocycles. The molecule has 11 heteroatoms. The molecular weight excluding hydrogens is 465 g/mol. The highest BCUT2D eigenvalue weighted by molar-refractivity contribution is 6.84. The van der Waals surface area contributed by atoms with Crippen LogP contribution in [0, 0.1) is 5.92 Å². The van der Waals surface area contributed by atoms with E-state index in [1.165, 1.54) is 12.8 Å². The van der Waals surface area contributed by atoms with E-state index < -0.39 is 33.5 Å². The molecule has 0 bridgehead atoms. The van der Waals surface area contributed by atoms with Gasteiger partial charge in [-0.2, -0.15) is 0 Å². The molecule has 6 nitrogen and oxygen atoms in total. The lowest BCUT2D eigenvalue weighted by molar-refractivity contribution is -0.145. The van der Waals surface area contributed by atoms with Crippen LogP contribution in [0.2, 0.25) is 64.0 Å². The van der Waals surface area contributed by atoms with Gasteiger partial charge in [0, 0.05) is 13.2 Å². The zero-order chi connectivity index (χ0) is 23.6. The molecule has 0 N–H and O–H groups in total. The van der Waals surface area contributed by atoms with Gasteiger partial charge >= 0.3 is 24.5 Å². The molecule has 0 aliphatic heterocycles. The van der Waals surface area contributed by atoms with Gasteiger partial charge in [-0.1, -0.05) is 33.6 Å². The van der Waals surface area contributed by atoms with Gasteiger partial charge in [0.15, 0.2) is 16.6 Å². The van der Waals surface area contributed by atoms with E-state index in [4.69, 9.17) is 21.5 Å². The molecule has 30 heavy (non-hydrogen) atoms. The number of unbranched alkanes of at least 4 members (excludes halogenated alkanes) is 1. The van der Waals surface area contributed by atoms with E-state index in [0.29, 0.717) is 12.3 Å². The first kappa shape index (κ1) is 30.4. The van der Waals surface area contributed by atoms with Crippen molar-refractivity contribution in [3.8, 4) is 0 Å². The maximum absolute atomic E-state index is 12.6. The number of carbonyl (C=O) groups is 1. The highest BCUT2D eigenvalue weighted by Crippen LogP contribution is 2.23. The van der Waals surface area contributed by atoms with Gasteiger partial charge in [-0.05, 0) is 57.9 Å². The van der Waals surface area contributed by atoms with E-state index in [2.05, 4.69) is 53.1 Å². The minimum atomic E-state index is -2.49. The van der Waals surface area contributed by atoms with Crippen LogP contribution in [0.4, 0.5) is 0 Å². The topological polar surface area (TPSA) is 63.2 Å². The van der Waals surface area contributed by atoms with E-state index in [1.807, 2.05) is 13.5 Å². The van der Waals surface area contributed by atoms with Gasteiger partial charge in [-0.25, -0.2) is 0 Å². The van der Waals surface area contributed by atoms with E-state index in [9.17, 15) is 4.79 Å². The first-order valence-electron chi connectivity index (χ1n) is 11.1. The van der Waals surface area contributed by atoms with Crippen molar-refractivity contribution in [3.63, 3.8) is 0 Å². The summed E-state index contributed by atoms with van der Waals surface area (Å²) in [5.41, 5.74) is 0. The zero-order valence-electron chi connectivity index (χ0n) is 21.3. The predicted molar refractivity (Wildman–Crippen MR) is 135 cm³/mol. The van der Waals surface area contributed by atoms with Crippen LogP contribution in [0.1, 0.15) is 33.6 Å². The SMILES string of the molecule is CCCC[Si](C)(C)O[Si](C)(C)COC(=O)C(C)C[Si](C)(OC)O[Si]O[Si](C)(C)CC. The maximum atomic E-state index is 12.6. The molecule has 0 rings (SSSR count). The third kappa shape index (κ3) is 13.1. The molecule has 2 atom stereocenters. The smallest absolute Gasteiger partial charge is 0.411 e. The van der Waals surface area contributed by atoms with E-state index in [1.54, 1.807) is 7.11 Å². The quantitative estimate of drug-likeness (QED) is 0.203. The summed E-state index contributed by atoms with van der Waals surface area (Å²) in [4.78, 5) is 12.6. The standard InChI is InChI=1S/C19H46O6Si5/c1-12-14-15-28(7,8)25-29(9,10)17-22-19(20)18(3)16-30(11,21-4)24-26-23-27(5,6)13-2/h18H,12-17H2,1-11H3. The van der Waals surface area contributed by atoms with Crippen molar-refractivity contribution in [2.75, 3.05) is 13.3 Å². The van der Waals surface area contributed by atoms with Crippen molar-refractivity contribution in [2.45, 2.75) is 97.6 Å². The molecule has 0 amide bonds. The van der Waals surface area contributed by atoms with E-state index in [0.717, 1.165) is 12.1 Å². The van der Waals surface area contributed by atoms with Crippen LogP contribution < -0.4 is 0 Å². The molecule has 0 aromatic heterocycles. The molecule has 0 aliphatic rings. The monoisotopic (exact) mass is 510 g/mol. The summed E-state index contributed by atoms with van der Waals surface area (Å²) >= 11 is 0. The van der Waals surface area contributed by atoms with Gasteiger partial charge in [0.2, 0.25) is 8.32 Å². The largest absolute Gasteiger partial charge is 0.466 e. The maximum Gasteiger partial charge on any atom is 0.411 e. The lowest BCUT2D eigenvalue weighted by atomic mass is 10.2. The summed E-state index contributed by atoms with van der Waals surface area (Å²) in [6.07, 6.45) is 2.78. The van der Waals surface area contributed by atoms with Crippen molar-refractivity contribution in [1.29, 1.82) is 0 Å². The van der Waals surface area contributed by atoms with Crippen molar-refractivity contribution < 1.29 is 26.3 Å². The Morgan fingerprint density at radius 3 is 2.03 bits per heavy atom. The Labute approximate surface area is 192 Å². The Kier molecular flexibility index (Phi) is 13.4. The Bertz CT molecular complexity index is 518. The third-order valence-electron chi connectivity index (χ3n) is 5.19. The fraction of sp³-hybridized carbons (Fsp3) is 0.947. The van der Waals surface area contributed by atoms with Gasteiger partial charge in [0.05, 0.1) is 5.92 Å². The molecular formula is C19H46O6Si5. The molecule has 0 aromatic rings. The number of rotatable bonds is 16. The average molecular weight is 511 g/mol. The average Bonchev–Trinajstić information content (AvgIpc) is 2.63. The zero-order valence-corrected chi connectivity index (χ0v) is 26.3. The Morgan fingerprint density at radius 1 is 0.933 bits per heavy atom. The second-order valence-electron chi connectivity index (χ2n) is 10.2. The summed E-state index contributed by atoms with van der Waals surface area (Å²) in [7, 11) is -6.30. The first-order chi connectivity index (χ1) is 13.6. The number of hydrogen-bond donors (Lipinski definition) is 0. The van der Waals surface area contributed by atoms with Crippen molar-refractivity contribution >= 4 is 49.5 Å². The van der Waals surface area contributed by atoms with E-state index in [-0.39, 0.29) is 21.9 Å².